The van der Waals surface area contributed by atoms with Crippen LogP contribution < -0.4 is 20.8 Å². The number of benzene rings is 8. The zero-order valence-corrected chi connectivity index (χ0v) is 28.7. The minimum Gasteiger partial charge on any atom is -0.310 e. The molecule has 51 heavy (non-hydrogen) atoms. The molecule has 0 aliphatic rings. The van der Waals surface area contributed by atoms with Gasteiger partial charge < -0.3 is 9.46 Å². The van der Waals surface area contributed by atoms with Crippen molar-refractivity contribution in [1.29, 1.82) is 0 Å². The molecular formula is C47H33N2OP. The Morgan fingerprint density at radius 2 is 0.902 bits per heavy atom. The zero-order chi connectivity index (χ0) is 34.2. The van der Waals surface area contributed by atoms with E-state index < -0.39 is 7.14 Å². The van der Waals surface area contributed by atoms with E-state index in [0.29, 0.717) is 0 Å². The third kappa shape index (κ3) is 5.31. The molecule has 1 aromatic heterocycles. The van der Waals surface area contributed by atoms with E-state index >= 15 is 4.57 Å². The molecule has 1 heterocycles. The molecule has 0 radical (unpaired) electrons. The first kappa shape index (κ1) is 30.8. The highest BCUT2D eigenvalue weighted by Crippen LogP contribution is 2.48. The van der Waals surface area contributed by atoms with E-state index in [0.717, 1.165) is 71.3 Å². The number of nitrogens with zero attached hydrogens (tertiary/aromatic N) is 2. The molecule has 242 valence electrons. The fourth-order valence-corrected chi connectivity index (χ4v) is 9.98. The molecular weight excluding hydrogens is 640 g/mol. The lowest BCUT2D eigenvalue weighted by molar-refractivity contribution is 0.592. The lowest BCUT2D eigenvalue weighted by atomic mass is 9.93. The summed E-state index contributed by atoms with van der Waals surface area (Å²) in [6, 6.07) is 68.3. The summed E-state index contributed by atoms with van der Waals surface area (Å²) in [7, 11) is -3.14. The second-order valence-electron chi connectivity index (χ2n) is 12.7. The first-order valence-electron chi connectivity index (χ1n) is 17.2. The van der Waals surface area contributed by atoms with Gasteiger partial charge in [0.1, 0.15) is 0 Å². The van der Waals surface area contributed by atoms with Crippen LogP contribution in [-0.2, 0) is 4.57 Å². The summed E-state index contributed by atoms with van der Waals surface area (Å²) in [6.45, 7) is 0. The quantitative estimate of drug-likeness (QED) is 0.125. The highest BCUT2D eigenvalue weighted by atomic mass is 31.2. The fraction of sp³-hybridized carbons (Fsp3) is 0. The van der Waals surface area contributed by atoms with Crippen molar-refractivity contribution in [1.82, 2.24) is 4.98 Å². The van der Waals surface area contributed by atoms with Crippen LogP contribution in [0.4, 0.5) is 17.1 Å². The molecule has 0 fully saturated rings. The summed E-state index contributed by atoms with van der Waals surface area (Å²) in [5.74, 6) is 0. The Bertz CT molecular complexity index is 2600. The molecule has 0 amide bonds. The fourth-order valence-electron chi connectivity index (χ4n) is 7.33. The van der Waals surface area contributed by atoms with Crippen molar-refractivity contribution in [3.63, 3.8) is 0 Å². The highest BCUT2D eigenvalue weighted by Gasteiger charge is 2.30. The molecule has 0 saturated carbocycles. The molecule has 0 unspecified atom stereocenters. The molecule has 0 atom stereocenters. The number of pyridine rings is 1. The van der Waals surface area contributed by atoms with Crippen LogP contribution in [0.15, 0.2) is 200 Å². The van der Waals surface area contributed by atoms with Crippen molar-refractivity contribution in [3.05, 3.63) is 200 Å². The van der Waals surface area contributed by atoms with Gasteiger partial charge in [0.25, 0.3) is 0 Å². The number of para-hydroxylation sites is 3. The predicted molar refractivity (Wildman–Crippen MR) is 216 cm³/mol. The first-order chi connectivity index (χ1) is 25.2. The van der Waals surface area contributed by atoms with Crippen LogP contribution in [-0.4, -0.2) is 4.98 Å². The number of hydrogen-bond donors (Lipinski definition) is 0. The maximum Gasteiger partial charge on any atom is 0.171 e. The SMILES string of the molecule is O=P(c1ccccc1)(c1ccccc1)c1ccc(-c2nc3ccccc3c3c2c(N(c2ccccc2)c2ccccc2)cc2ccccc23)cc1. The monoisotopic (exact) mass is 672 g/mol. The van der Waals surface area contributed by atoms with Crippen LogP contribution in [0.25, 0.3) is 43.7 Å². The molecule has 9 rings (SSSR count). The molecule has 9 aromatic rings. The third-order valence-electron chi connectivity index (χ3n) is 9.68. The van der Waals surface area contributed by atoms with Gasteiger partial charge >= 0.3 is 0 Å². The zero-order valence-electron chi connectivity index (χ0n) is 27.8. The van der Waals surface area contributed by atoms with E-state index in [1.165, 1.54) is 5.39 Å². The van der Waals surface area contributed by atoms with Crippen molar-refractivity contribution < 1.29 is 4.57 Å². The van der Waals surface area contributed by atoms with E-state index in [1.807, 2.05) is 72.8 Å². The second-order valence-corrected chi connectivity index (χ2v) is 15.4. The molecule has 0 bridgehead atoms. The Hall–Kier alpha value is -6.28. The maximum absolute atomic E-state index is 15.2. The smallest absolute Gasteiger partial charge is 0.171 e. The molecule has 8 aromatic carbocycles. The second kappa shape index (κ2) is 12.9. The predicted octanol–water partition coefficient (Wildman–Crippen LogP) is 11.3. The van der Waals surface area contributed by atoms with Gasteiger partial charge in [-0.1, -0.05) is 164 Å². The van der Waals surface area contributed by atoms with Crippen LogP contribution in [0, 0.1) is 0 Å². The average molecular weight is 673 g/mol. The first-order valence-corrected chi connectivity index (χ1v) is 18.9. The molecule has 3 nitrogen and oxygen atoms in total. The lowest BCUT2D eigenvalue weighted by Gasteiger charge is -2.28. The van der Waals surface area contributed by atoms with Crippen molar-refractivity contribution in [2.24, 2.45) is 0 Å². The Morgan fingerprint density at radius 3 is 1.49 bits per heavy atom. The van der Waals surface area contributed by atoms with E-state index in [9.17, 15) is 0 Å². The van der Waals surface area contributed by atoms with E-state index in [-0.39, 0.29) is 0 Å². The summed E-state index contributed by atoms with van der Waals surface area (Å²) in [4.78, 5) is 7.76. The number of rotatable bonds is 7. The van der Waals surface area contributed by atoms with Crippen LogP contribution in [0.5, 0.6) is 0 Å². The van der Waals surface area contributed by atoms with E-state index in [2.05, 4.69) is 132 Å². The Labute approximate surface area is 297 Å². The van der Waals surface area contributed by atoms with Crippen molar-refractivity contribution in [3.8, 4) is 11.3 Å². The van der Waals surface area contributed by atoms with Gasteiger partial charge in [0.05, 0.1) is 16.9 Å². The molecule has 4 heteroatoms. The lowest BCUT2D eigenvalue weighted by Crippen LogP contribution is -2.24. The van der Waals surface area contributed by atoms with Crippen LogP contribution in [0.3, 0.4) is 0 Å². The van der Waals surface area contributed by atoms with Crippen molar-refractivity contribution in [2.75, 3.05) is 4.90 Å². The summed E-state index contributed by atoms with van der Waals surface area (Å²) >= 11 is 0. The number of hydrogen-bond acceptors (Lipinski definition) is 3. The number of aromatic nitrogens is 1. The standard InChI is InChI=1S/C47H33N2OP/c50-51(38-22-9-3-10-23-38,39-24-11-4-12-25-39)40-31-29-34(30-32-40)47-46-44(49(36-18-5-1-6-19-36)37-20-7-2-8-21-37)33-35-17-13-14-26-41(35)45(46)42-27-15-16-28-43(42)48-47/h1-33H. The minimum atomic E-state index is -3.14. The van der Waals surface area contributed by atoms with Gasteiger partial charge in [0.2, 0.25) is 0 Å². The largest absolute Gasteiger partial charge is 0.310 e. The summed E-state index contributed by atoms with van der Waals surface area (Å²) in [5, 5.41) is 8.06. The van der Waals surface area contributed by atoms with Gasteiger partial charge in [-0.2, -0.15) is 0 Å². The van der Waals surface area contributed by atoms with Crippen molar-refractivity contribution in [2.45, 2.75) is 0 Å². The van der Waals surface area contributed by atoms with E-state index in [1.54, 1.807) is 0 Å². The molecule has 0 aliphatic carbocycles. The number of fused-ring (bicyclic) bond motifs is 5. The highest BCUT2D eigenvalue weighted by molar-refractivity contribution is 7.85. The van der Waals surface area contributed by atoms with Gasteiger partial charge in [0.15, 0.2) is 7.14 Å². The Kier molecular flexibility index (Phi) is 7.76. The molecule has 0 saturated heterocycles. The molecule has 0 aliphatic heterocycles. The summed E-state index contributed by atoms with van der Waals surface area (Å²) < 4.78 is 15.2. The molecule has 0 N–H and O–H groups in total. The van der Waals surface area contributed by atoms with Crippen LogP contribution >= 0.6 is 7.14 Å². The van der Waals surface area contributed by atoms with Crippen LogP contribution in [0.1, 0.15) is 0 Å². The third-order valence-corrected chi connectivity index (χ3v) is 12.8. The van der Waals surface area contributed by atoms with Crippen LogP contribution in [0.2, 0.25) is 0 Å². The normalized spacial score (nSPS) is 11.6. The van der Waals surface area contributed by atoms with Gasteiger partial charge in [-0.3, -0.25) is 0 Å². The molecule has 0 spiro atoms. The Morgan fingerprint density at radius 1 is 0.431 bits per heavy atom. The van der Waals surface area contributed by atoms with E-state index in [4.69, 9.17) is 4.98 Å². The van der Waals surface area contributed by atoms with Gasteiger partial charge in [-0.05, 0) is 47.2 Å². The van der Waals surface area contributed by atoms with Gasteiger partial charge in [-0.15, -0.1) is 0 Å². The number of anilines is 3. The topological polar surface area (TPSA) is 33.2 Å². The minimum absolute atomic E-state index is 0.787. The van der Waals surface area contributed by atoms with Gasteiger partial charge in [-0.25, -0.2) is 4.98 Å². The van der Waals surface area contributed by atoms with Gasteiger partial charge in [0, 0.05) is 49.0 Å². The Balaban J connectivity index is 1.35. The summed E-state index contributed by atoms with van der Waals surface area (Å²) in [5.41, 5.74) is 5.92. The maximum atomic E-state index is 15.2. The average Bonchev–Trinajstić information content (AvgIpc) is 3.21. The summed E-state index contributed by atoms with van der Waals surface area (Å²) in [6.07, 6.45) is 0. The van der Waals surface area contributed by atoms with Crippen molar-refractivity contribution >= 4 is 72.6 Å².